The third-order valence-electron chi connectivity index (χ3n) is 3.01. The predicted molar refractivity (Wildman–Crippen MR) is 105 cm³/mol. The highest BCUT2D eigenvalue weighted by atomic mass is 127. The molecule has 0 bridgehead atoms. The molecule has 0 spiro atoms. The predicted octanol–water partition coefficient (Wildman–Crippen LogP) is 4.17. The molecule has 132 valence electrons. The third kappa shape index (κ3) is 5.79. The molecule has 0 saturated heterocycles. The minimum absolute atomic E-state index is 0.174. The highest BCUT2D eigenvalue weighted by Crippen LogP contribution is 2.34. The Balaban J connectivity index is 2.08. The van der Waals surface area contributed by atoms with Crippen molar-refractivity contribution in [2.45, 2.75) is 6.92 Å². The lowest BCUT2D eigenvalue weighted by Crippen LogP contribution is -2.20. The molecular formula is C17H16ClIN2O4. The Morgan fingerprint density at radius 2 is 2.04 bits per heavy atom. The Hall–Kier alpha value is -2.00. The van der Waals surface area contributed by atoms with Crippen LogP contribution in [0, 0.1) is 3.57 Å². The average molecular weight is 475 g/mol. The number of benzene rings is 2. The summed E-state index contributed by atoms with van der Waals surface area (Å²) in [4.78, 5) is 12.1. The number of nitrogens with one attached hydrogen (secondary N) is 1. The van der Waals surface area contributed by atoms with Crippen molar-refractivity contribution < 1.29 is 19.5 Å². The van der Waals surface area contributed by atoms with Gasteiger partial charge in [0, 0.05) is 16.3 Å². The van der Waals surface area contributed by atoms with Gasteiger partial charge in [-0.1, -0.05) is 16.8 Å². The fourth-order valence-electron chi connectivity index (χ4n) is 2.00. The van der Waals surface area contributed by atoms with E-state index in [1.807, 2.05) is 6.92 Å². The molecule has 0 unspecified atom stereocenters. The maximum Gasteiger partial charge on any atom is 0.262 e. The first kappa shape index (κ1) is 19.3. The zero-order valence-electron chi connectivity index (χ0n) is 13.3. The normalized spacial score (nSPS) is 10.7. The monoisotopic (exact) mass is 474 g/mol. The van der Waals surface area contributed by atoms with Gasteiger partial charge < -0.3 is 20.0 Å². The molecule has 8 heteroatoms. The standard InChI is InChI=1S/C17H16ClIN2O4/c1-2-24-15-8-11(9-20-23)7-14(19)17(15)25-10-16(22)21-13-5-3-12(18)4-6-13/h3-9,23H,2,10H2,1H3,(H,21,22)/b20-9-. The van der Waals surface area contributed by atoms with Gasteiger partial charge in [0.2, 0.25) is 0 Å². The highest BCUT2D eigenvalue weighted by Gasteiger charge is 2.14. The fourth-order valence-corrected chi connectivity index (χ4v) is 2.91. The van der Waals surface area contributed by atoms with Gasteiger partial charge in [-0.15, -0.1) is 0 Å². The molecule has 0 atom stereocenters. The minimum Gasteiger partial charge on any atom is -0.490 e. The molecule has 0 radical (unpaired) electrons. The van der Waals surface area contributed by atoms with E-state index in [0.717, 1.165) is 3.57 Å². The van der Waals surface area contributed by atoms with Crippen LogP contribution in [0.5, 0.6) is 11.5 Å². The summed E-state index contributed by atoms with van der Waals surface area (Å²) < 4.78 is 11.9. The molecule has 25 heavy (non-hydrogen) atoms. The number of amides is 1. The molecule has 0 aliphatic heterocycles. The van der Waals surface area contributed by atoms with E-state index >= 15 is 0 Å². The zero-order chi connectivity index (χ0) is 18.2. The molecule has 2 N–H and O–H groups in total. The van der Waals surface area contributed by atoms with Crippen molar-refractivity contribution in [1.29, 1.82) is 0 Å². The number of rotatable bonds is 7. The Morgan fingerprint density at radius 1 is 1.32 bits per heavy atom. The van der Waals surface area contributed by atoms with Crippen molar-refractivity contribution in [3.63, 3.8) is 0 Å². The molecule has 2 rings (SSSR count). The second-order valence-corrected chi connectivity index (χ2v) is 6.45. The molecule has 0 fully saturated rings. The van der Waals surface area contributed by atoms with Crippen LogP contribution in [0.3, 0.4) is 0 Å². The third-order valence-corrected chi connectivity index (χ3v) is 4.07. The molecule has 2 aromatic rings. The number of carbonyl (C=O) groups is 1. The quantitative estimate of drug-likeness (QED) is 0.273. The number of halogens is 2. The van der Waals surface area contributed by atoms with Gasteiger partial charge in [-0.05, 0) is 65.9 Å². The Kier molecular flexibility index (Phi) is 7.32. The molecule has 6 nitrogen and oxygen atoms in total. The first-order valence-corrected chi connectivity index (χ1v) is 8.81. The maximum atomic E-state index is 12.1. The van der Waals surface area contributed by atoms with Gasteiger partial charge >= 0.3 is 0 Å². The number of hydrogen-bond donors (Lipinski definition) is 2. The maximum absolute atomic E-state index is 12.1. The van der Waals surface area contributed by atoms with Gasteiger partial charge in [-0.2, -0.15) is 0 Å². The lowest BCUT2D eigenvalue weighted by atomic mass is 10.2. The van der Waals surface area contributed by atoms with E-state index < -0.39 is 0 Å². The van der Waals surface area contributed by atoms with Crippen molar-refractivity contribution >= 4 is 52.0 Å². The number of oxime groups is 1. The van der Waals surface area contributed by atoms with Crippen molar-refractivity contribution in [2.75, 3.05) is 18.5 Å². The lowest BCUT2D eigenvalue weighted by Gasteiger charge is -2.14. The summed E-state index contributed by atoms with van der Waals surface area (Å²) in [5.41, 5.74) is 1.29. The second-order valence-electron chi connectivity index (χ2n) is 4.85. The van der Waals surface area contributed by atoms with Crippen LogP contribution in [0.2, 0.25) is 5.02 Å². The van der Waals surface area contributed by atoms with Crippen molar-refractivity contribution in [2.24, 2.45) is 5.16 Å². The van der Waals surface area contributed by atoms with E-state index in [-0.39, 0.29) is 12.5 Å². The molecule has 1 amide bonds. The SMILES string of the molecule is CCOc1cc(/C=N\O)cc(I)c1OCC(=O)Nc1ccc(Cl)cc1. The van der Waals surface area contributed by atoms with E-state index in [2.05, 4.69) is 33.1 Å². The van der Waals surface area contributed by atoms with Crippen LogP contribution in [-0.2, 0) is 4.79 Å². The smallest absolute Gasteiger partial charge is 0.262 e. The van der Waals surface area contributed by atoms with Crippen molar-refractivity contribution in [3.8, 4) is 11.5 Å². The average Bonchev–Trinajstić information content (AvgIpc) is 2.57. The van der Waals surface area contributed by atoms with E-state index in [0.29, 0.717) is 34.4 Å². The molecule has 0 aliphatic rings. The van der Waals surface area contributed by atoms with Gasteiger partial charge in [0.15, 0.2) is 18.1 Å². The van der Waals surface area contributed by atoms with Gasteiger partial charge in [0.1, 0.15) is 0 Å². The van der Waals surface area contributed by atoms with Crippen LogP contribution < -0.4 is 14.8 Å². The summed E-state index contributed by atoms with van der Waals surface area (Å²) >= 11 is 7.88. The van der Waals surface area contributed by atoms with Crippen LogP contribution >= 0.6 is 34.2 Å². The van der Waals surface area contributed by atoms with E-state index in [9.17, 15) is 4.79 Å². The molecule has 0 saturated carbocycles. The van der Waals surface area contributed by atoms with Gasteiger partial charge in [0.05, 0.1) is 16.4 Å². The van der Waals surface area contributed by atoms with Crippen LogP contribution in [0.15, 0.2) is 41.6 Å². The molecule has 0 heterocycles. The molecule has 0 aliphatic carbocycles. The zero-order valence-corrected chi connectivity index (χ0v) is 16.2. The largest absolute Gasteiger partial charge is 0.490 e. The fraction of sp³-hybridized carbons (Fsp3) is 0.176. The minimum atomic E-state index is -0.304. The summed E-state index contributed by atoms with van der Waals surface area (Å²) in [5, 5.41) is 15.0. The summed E-state index contributed by atoms with van der Waals surface area (Å²) in [6.07, 6.45) is 1.29. The number of anilines is 1. The summed E-state index contributed by atoms with van der Waals surface area (Å²) in [6.45, 7) is 2.10. The second kappa shape index (κ2) is 9.47. The Bertz CT molecular complexity index is 766. The van der Waals surface area contributed by atoms with Crippen LogP contribution in [-0.4, -0.2) is 30.5 Å². The number of hydrogen-bond acceptors (Lipinski definition) is 5. The highest BCUT2D eigenvalue weighted by molar-refractivity contribution is 14.1. The first-order valence-electron chi connectivity index (χ1n) is 7.35. The van der Waals surface area contributed by atoms with Gasteiger partial charge in [-0.25, -0.2) is 0 Å². The van der Waals surface area contributed by atoms with E-state index in [1.54, 1.807) is 36.4 Å². The van der Waals surface area contributed by atoms with E-state index in [4.69, 9.17) is 26.3 Å². The number of ether oxygens (including phenoxy) is 2. The summed E-state index contributed by atoms with van der Waals surface area (Å²) in [7, 11) is 0. The van der Waals surface area contributed by atoms with Gasteiger partial charge in [-0.3, -0.25) is 4.79 Å². The van der Waals surface area contributed by atoms with Crippen molar-refractivity contribution in [1.82, 2.24) is 0 Å². The number of carbonyl (C=O) groups excluding carboxylic acids is 1. The Morgan fingerprint density at radius 3 is 2.68 bits per heavy atom. The van der Waals surface area contributed by atoms with Crippen LogP contribution in [0.4, 0.5) is 5.69 Å². The van der Waals surface area contributed by atoms with Crippen LogP contribution in [0.25, 0.3) is 0 Å². The van der Waals surface area contributed by atoms with E-state index in [1.165, 1.54) is 6.21 Å². The molecule has 2 aromatic carbocycles. The van der Waals surface area contributed by atoms with Crippen LogP contribution in [0.1, 0.15) is 12.5 Å². The first-order chi connectivity index (χ1) is 12.0. The van der Waals surface area contributed by atoms with Crippen molar-refractivity contribution in [3.05, 3.63) is 50.6 Å². The summed E-state index contributed by atoms with van der Waals surface area (Å²) in [5.74, 6) is 0.633. The number of nitrogens with zero attached hydrogens (tertiary/aromatic N) is 1. The molecule has 0 aromatic heterocycles. The molecular weight excluding hydrogens is 459 g/mol. The Labute approximate surface area is 163 Å². The summed E-state index contributed by atoms with van der Waals surface area (Å²) in [6, 6.07) is 10.2. The van der Waals surface area contributed by atoms with Gasteiger partial charge in [0.25, 0.3) is 5.91 Å². The lowest BCUT2D eigenvalue weighted by molar-refractivity contribution is -0.118. The topological polar surface area (TPSA) is 80.2 Å².